The first-order chi connectivity index (χ1) is 13.0. The zero-order valence-electron chi connectivity index (χ0n) is 14.3. The SMILES string of the molecule is CNc1cc(-c2cncc(NCc3cccc(OC(F)F)c3)n2)c(Cl)cn1. The van der Waals surface area contributed by atoms with E-state index in [-0.39, 0.29) is 5.75 Å². The molecule has 3 aromatic rings. The Hall–Kier alpha value is -3.00. The Morgan fingerprint density at radius 2 is 2.00 bits per heavy atom. The number of rotatable bonds is 7. The fourth-order valence-corrected chi connectivity index (χ4v) is 2.58. The Morgan fingerprint density at radius 3 is 2.78 bits per heavy atom. The average Bonchev–Trinajstić information content (AvgIpc) is 2.67. The van der Waals surface area contributed by atoms with Crippen LogP contribution in [0.4, 0.5) is 20.4 Å². The fraction of sp³-hybridized carbons (Fsp3) is 0.167. The van der Waals surface area contributed by atoms with Crippen molar-refractivity contribution in [2.75, 3.05) is 17.7 Å². The molecule has 0 spiro atoms. The van der Waals surface area contributed by atoms with Crippen LogP contribution < -0.4 is 15.4 Å². The maximum absolute atomic E-state index is 12.3. The summed E-state index contributed by atoms with van der Waals surface area (Å²) in [6, 6.07) is 8.23. The van der Waals surface area contributed by atoms with Crippen LogP contribution in [0.5, 0.6) is 5.75 Å². The van der Waals surface area contributed by atoms with Gasteiger partial charge in [-0.3, -0.25) is 4.98 Å². The topological polar surface area (TPSA) is 72.0 Å². The van der Waals surface area contributed by atoms with E-state index < -0.39 is 6.61 Å². The summed E-state index contributed by atoms with van der Waals surface area (Å²) in [7, 11) is 1.76. The highest BCUT2D eigenvalue weighted by Crippen LogP contribution is 2.28. The predicted molar refractivity (Wildman–Crippen MR) is 100 cm³/mol. The van der Waals surface area contributed by atoms with Crippen molar-refractivity contribution in [3.8, 4) is 17.0 Å². The number of hydrogen-bond donors (Lipinski definition) is 2. The van der Waals surface area contributed by atoms with Gasteiger partial charge in [0.15, 0.2) is 0 Å². The van der Waals surface area contributed by atoms with Gasteiger partial charge in [0, 0.05) is 25.4 Å². The van der Waals surface area contributed by atoms with E-state index >= 15 is 0 Å². The second kappa shape index (κ2) is 8.59. The zero-order valence-corrected chi connectivity index (χ0v) is 15.0. The van der Waals surface area contributed by atoms with E-state index in [0.29, 0.717) is 34.5 Å². The molecule has 0 aliphatic heterocycles. The van der Waals surface area contributed by atoms with Gasteiger partial charge in [0.1, 0.15) is 17.4 Å². The summed E-state index contributed by atoms with van der Waals surface area (Å²) in [6.45, 7) is -2.49. The van der Waals surface area contributed by atoms with Crippen LogP contribution in [0.3, 0.4) is 0 Å². The summed E-state index contributed by atoms with van der Waals surface area (Å²) in [5.41, 5.74) is 2.04. The Morgan fingerprint density at radius 1 is 1.15 bits per heavy atom. The highest BCUT2D eigenvalue weighted by molar-refractivity contribution is 6.33. The number of ether oxygens (including phenoxy) is 1. The third kappa shape index (κ3) is 5.01. The summed E-state index contributed by atoms with van der Waals surface area (Å²) < 4.78 is 29.0. The van der Waals surface area contributed by atoms with Crippen molar-refractivity contribution in [3.05, 3.63) is 59.5 Å². The highest BCUT2D eigenvalue weighted by Gasteiger charge is 2.09. The van der Waals surface area contributed by atoms with Crippen LogP contribution in [0.2, 0.25) is 5.02 Å². The number of anilines is 2. The van der Waals surface area contributed by atoms with E-state index in [1.807, 2.05) is 0 Å². The van der Waals surface area contributed by atoms with Gasteiger partial charge in [-0.15, -0.1) is 0 Å². The molecular formula is C18H16ClF2N5O. The minimum Gasteiger partial charge on any atom is -0.435 e. The Labute approximate surface area is 159 Å². The molecule has 2 N–H and O–H groups in total. The van der Waals surface area contributed by atoms with Crippen molar-refractivity contribution < 1.29 is 13.5 Å². The highest BCUT2D eigenvalue weighted by atomic mass is 35.5. The van der Waals surface area contributed by atoms with Gasteiger partial charge >= 0.3 is 6.61 Å². The van der Waals surface area contributed by atoms with Crippen molar-refractivity contribution in [2.24, 2.45) is 0 Å². The molecule has 0 aliphatic carbocycles. The van der Waals surface area contributed by atoms with Crippen LogP contribution in [0.1, 0.15) is 5.56 Å². The molecule has 6 nitrogen and oxygen atoms in total. The number of halogens is 3. The van der Waals surface area contributed by atoms with E-state index in [0.717, 1.165) is 5.56 Å². The molecule has 0 unspecified atom stereocenters. The minimum absolute atomic E-state index is 0.104. The molecule has 0 atom stereocenters. The lowest BCUT2D eigenvalue weighted by molar-refractivity contribution is -0.0498. The smallest absolute Gasteiger partial charge is 0.387 e. The van der Waals surface area contributed by atoms with Gasteiger partial charge in [0.25, 0.3) is 0 Å². The van der Waals surface area contributed by atoms with Crippen molar-refractivity contribution >= 4 is 23.2 Å². The molecule has 0 bridgehead atoms. The minimum atomic E-state index is -2.86. The van der Waals surface area contributed by atoms with Gasteiger partial charge in [0.05, 0.1) is 23.1 Å². The van der Waals surface area contributed by atoms with Crippen LogP contribution >= 0.6 is 11.6 Å². The van der Waals surface area contributed by atoms with Crippen molar-refractivity contribution in [1.29, 1.82) is 0 Å². The first kappa shape index (κ1) is 18.8. The van der Waals surface area contributed by atoms with Crippen molar-refractivity contribution in [1.82, 2.24) is 15.0 Å². The van der Waals surface area contributed by atoms with Crippen molar-refractivity contribution in [2.45, 2.75) is 13.2 Å². The maximum Gasteiger partial charge on any atom is 0.387 e. The van der Waals surface area contributed by atoms with Gasteiger partial charge < -0.3 is 15.4 Å². The molecule has 140 valence electrons. The lowest BCUT2D eigenvalue weighted by Gasteiger charge is -2.10. The van der Waals surface area contributed by atoms with E-state index in [1.165, 1.54) is 12.1 Å². The molecule has 0 aliphatic rings. The van der Waals surface area contributed by atoms with Gasteiger partial charge in [-0.25, -0.2) is 9.97 Å². The summed E-state index contributed by atoms with van der Waals surface area (Å²) >= 11 is 6.22. The normalized spacial score (nSPS) is 10.7. The van der Waals surface area contributed by atoms with Crippen LogP contribution in [-0.2, 0) is 6.54 Å². The number of pyridine rings is 1. The van der Waals surface area contributed by atoms with E-state index in [1.54, 1.807) is 43.8 Å². The number of benzene rings is 1. The molecule has 2 aromatic heterocycles. The summed E-state index contributed by atoms with van der Waals surface area (Å²) in [6.07, 6.45) is 4.71. The molecule has 0 fully saturated rings. The van der Waals surface area contributed by atoms with Gasteiger partial charge in [-0.1, -0.05) is 23.7 Å². The third-order valence-corrected chi connectivity index (χ3v) is 3.92. The van der Waals surface area contributed by atoms with Gasteiger partial charge in [0.2, 0.25) is 0 Å². The largest absolute Gasteiger partial charge is 0.435 e. The lowest BCUT2D eigenvalue weighted by atomic mass is 10.2. The average molecular weight is 392 g/mol. The lowest BCUT2D eigenvalue weighted by Crippen LogP contribution is -2.05. The number of alkyl halides is 2. The monoisotopic (exact) mass is 391 g/mol. The second-order valence-corrected chi connectivity index (χ2v) is 5.88. The molecule has 0 amide bonds. The fourth-order valence-electron chi connectivity index (χ4n) is 2.38. The van der Waals surface area contributed by atoms with Crippen molar-refractivity contribution in [3.63, 3.8) is 0 Å². The quantitative estimate of drug-likeness (QED) is 0.620. The molecule has 2 heterocycles. The molecule has 27 heavy (non-hydrogen) atoms. The molecule has 0 saturated heterocycles. The Balaban J connectivity index is 1.75. The number of aromatic nitrogens is 3. The number of nitrogens with zero attached hydrogens (tertiary/aromatic N) is 3. The molecule has 9 heteroatoms. The first-order valence-corrected chi connectivity index (χ1v) is 8.36. The zero-order chi connectivity index (χ0) is 19.2. The first-order valence-electron chi connectivity index (χ1n) is 7.98. The van der Waals surface area contributed by atoms with Gasteiger partial charge in [-0.2, -0.15) is 8.78 Å². The van der Waals surface area contributed by atoms with Gasteiger partial charge in [-0.05, 0) is 23.8 Å². The molecule has 0 radical (unpaired) electrons. The Kier molecular flexibility index (Phi) is 5.97. The maximum atomic E-state index is 12.3. The van der Waals surface area contributed by atoms with E-state index in [4.69, 9.17) is 11.6 Å². The summed E-state index contributed by atoms with van der Waals surface area (Å²) in [5, 5.41) is 6.51. The van der Waals surface area contributed by atoms with E-state index in [2.05, 4.69) is 30.3 Å². The number of hydrogen-bond acceptors (Lipinski definition) is 6. The molecular weight excluding hydrogens is 376 g/mol. The third-order valence-electron chi connectivity index (χ3n) is 3.62. The van der Waals surface area contributed by atoms with Crippen LogP contribution in [0, 0.1) is 0 Å². The number of nitrogens with one attached hydrogen (secondary N) is 2. The van der Waals surface area contributed by atoms with Crippen LogP contribution in [0.15, 0.2) is 48.9 Å². The molecule has 0 saturated carbocycles. The van der Waals surface area contributed by atoms with Crippen LogP contribution in [-0.4, -0.2) is 28.6 Å². The van der Waals surface area contributed by atoms with E-state index in [9.17, 15) is 8.78 Å². The van der Waals surface area contributed by atoms with Crippen LogP contribution in [0.25, 0.3) is 11.3 Å². The molecule has 3 rings (SSSR count). The summed E-state index contributed by atoms with van der Waals surface area (Å²) in [4.78, 5) is 12.8. The standard InChI is InChI=1S/C18H16ClF2N5O/c1-22-16-6-13(14(19)8-25-16)15-9-23-10-17(26-15)24-7-11-3-2-4-12(5-11)27-18(20)21/h2-6,8-10,18H,7H2,1H3,(H,22,25)(H,24,26). The molecule has 1 aromatic carbocycles. The second-order valence-electron chi connectivity index (χ2n) is 5.47. The Bertz CT molecular complexity index is 926. The predicted octanol–water partition coefficient (Wildman–Crippen LogP) is 4.45. The summed E-state index contributed by atoms with van der Waals surface area (Å²) in [5.74, 6) is 1.28.